The lowest BCUT2D eigenvalue weighted by atomic mass is 10.2. The minimum absolute atomic E-state index is 0.211. The molecule has 0 aliphatic carbocycles. The van der Waals surface area contributed by atoms with Gasteiger partial charge in [0.2, 0.25) is 0 Å². The van der Waals surface area contributed by atoms with Crippen LogP contribution in [0.25, 0.3) is 0 Å². The first-order valence-electron chi connectivity index (χ1n) is 6.20. The van der Waals surface area contributed by atoms with Crippen LogP contribution < -0.4 is 11.1 Å². The lowest BCUT2D eigenvalue weighted by Gasteiger charge is -2.10. The molecule has 0 bridgehead atoms. The summed E-state index contributed by atoms with van der Waals surface area (Å²) in [7, 11) is -1.40. The van der Waals surface area contributed by atoms with Crippen molar-refractivity contribution >= 4 is 26.9 Å². The molecule has 7 heteroatoms. The summed E-state index contributed by atoms with van der Waals surface area (Å²) in [6.45, 7) is 2.02. The van der Waals surface area contributed by atoms with Crippen LogP contribution in [0, 0.1) is 0 Å². The highest BCUT2D eigenvalue weighted by Crippen LogP contribution is 2.27. The van der Waals surface area contributed by atoms with Crippen LogP contribution in [0.3, 0.4) is 0 Å². The van der Waals surface area contributed by atoms with Gasteiger partial charge in [-0.2, -0.15) is 5.10 Å². The molecule has 0 saturated carbocycles. The first-order valence-corrected chi connectivity index (χ1v) is 8.09. The molecule has 0 amide bonds. The second-order valence-corrected chi connectivity index (χ2v) is 6.68. The van der Waals surface area contributed by atoms with Crippen molar-refractivity contribution in [1.82, 2.24) is 9.78 Å². The van der Waals surface area contributed by atoms with Gasteiger partial charge in [-0.15, -0.1) is 0 Å². The maximum absolute atomic E-state index is 11.5. The molecule has 0 spiro atoms. The van der Waals surface area contributed by atoms with E-state index in [1.54, 1.807) is 10.7 Å². The number of aryl methyl sites for hydroxylation is 2. The number of nitrogens with zero attached hydrogens (tertiary/aromatic N) is 2. The molecule has 3 N–H and O–H groups in total. The summed E-state index contributed by atoms with van der Waals surface area (Å²) < 4.78 is 24.7. The summed E-state index contributed by atoms with van der Waals surface area (Å²) in [5.41, 5.74) is 8.76. The van der Waals surface area contributed by atoms with Gasteiger partial charge in [0.25, 0.3) is 0 Å². The average Bonchev–Trinajstić information content (AvgIpc) is 2.70. The Labute approximate surface area is 118 Å². The van der Waals surface area contributed by atoms with Gasteiger partial charge in [-0.1, -0.05) is 6.92 Å². The van der Waals surface area contributed by atoms with Crippen LogP contribution in [-0.2, 0) is 23.3 Å². The van der Waals surface area contributed by atoms with Crippen LogP contribution in [-0.4, -0.2) is 24.5 Å². The smallest absolute Gasteiger partial charge is 0.175 e. The fourth-order valence-corrected chi connectivity index (χ4v) is 2.59. The number of nitrogen functional groups attached to an aromatic ring is 1. The molecule has 108 valence electrons. The molecule has 6 nitrogen and oxygen atoms in total. The third kappa shape index (κ3) is 2.93. The largest absolute Gasteiger partial charge is 0.397 e. The van der Waals surface area contributed by atoms with Gasteiger partial charge in [-0.3, -0.25) is 4.68 Å². The molecular weight excluding hydrogens is 276 g/mol. The minimum atomic E-state index is -3.25. The van der Waals surface area contributed by atoms with E-state index in [1.807, 2.05) is 20.2 Å². The predicted octanol–water partition coefficient (Wildman–Crippen LogP) is 1.71. The summed E-state index contributed by atoms with van der Waals surface area (Å²) >= 11 is 0. The zero-order valence-electron chi connectivity index (χ0n) is 11.7. The number of rotatable bonds is 4. The number of benzene rings is 1. The Morgan fingerprint density at radius 2 is 2.05 bits per heavy atom. The van der Waals surface area contributed by atoms with E-state index in [-0.39, 0.29) is 4.90 Å². The Hall–Kier alpha value is -2.02. The summed E-state index contributed by atoms with van der Waals surface area (Å²) in [6, 6.07) is 4.66. The van der Waals surface area contributed by atoms with Crippen molar-refractivity contribution in [2.75, 3.05) is 17.3 Å². The van der Waals surface area contributed by atoms with E-state index in [0.29, 0.717) is 11.4 Å². The number of hydrogen-bond donors (Lipinski definition) is 2. The molecule has 0 unspecified atom stereocenters. The Morgan fingerprint density at radius 3 is 2.60 bits per heavy atom. The molecule has 20 heavy (non-hydrogen) atoms. The van der Waals surface area contributed by atoms with E-state index < -0.39 is 9.84 Å². The molecule has 1 heterocycles. The molecular formula is C13H18N4O2S. The van der Waals surface area contributed by atoms with Crippen molar-refractivity contribution in [1.29, 1.82) is 0 Å². The highest BCUT2D eigenvalue weighted by molar-refractivity contribution is 7.90. The van der Waals surface area contributed by atoms with Gasteiger partial charge in [-0.05, 0) is 24.6 Å². The second-order valence-electron chi connectivity index (χ2n) is 4.66. The number of hydrogen-bond acceptors (Lipinski definition) is 5. The van der Waals surface area contributed by atoms with Gasteiger partial charge in [-0.25, -0.2) is 8.42 Å². The fraction of sp³-hybridized carbons (Fsp3) is 0.308. The van der Waals surface area contributed by atoms with Gasteiger partial charge in [0.1, 0.15) is 0 Å². The van der Waals surface area contributed by atoms with Gasteiger partial charge in [0.15, 0.2) is 9.84 Å². The van der Waals surface area contributed by atoms with E-state index >= 15 is 0 Å². The van der Waals surface area contributed by atoms with Gasteiger partial charge < -0.3 is 11.1 Å². The van der Waals surface area contributed by atoms with Crippen molar-refractivity contribution in [3.05, 3.63) is 30.1 Å². The van der Waals surface area contributed by atoms with Crippen LogP contribution in [0.2, 0.25) is 0 Å². The number of anilines is 3. The Kier molecular flexibility index (Phi) is 3.71. The normalized spacial score (nSPS) is 11.6. The number of nitrogens with two attached hydrogens (primary N) is 1. The lowest BCUT2D eigenvalue weighted by molar-refractivity contribution is 0.602. The maximum atomic E-state index is 11.5. The number of nitrogens with one attached hydrogen (secondary N) is 1. The van der Waals surface area contributed by atoms with Crippen LogP contribution in [0.4, 0.5) is 17.1 Å². The SMILES string of the molecule is CCc1nn(C)cc1Nc1ccc(S(C)(=O)=O)cc1N. The van der Waals surface area contributed by atoms with E-state index in [4.69, 9.17) is 5.73 Å². The van der Waals surface area contributed by atoms with Crippen molar-refractivity contribution in [3.63, 3.8) is 0 Å². The van der Waals surface area contributed by atoms with Gasteiger partial charge in [0.05, 0.1) is 27.7 Å². The summed E-state index contributed by atoms with van der Waals surface area (Å²) in [4.78, 5) is 0.211. The van der Waals surface area contributed by atoms with Crippen molar-refractivity contribution in [3.8, 4) is 0 Å². The van der Waals surface area contributed by atoms with E-state index in [0.717, 1.165) is 24.1 Å². The zero-order chi connectivity index (χ0) is 14.9. The van der Waals surface area contributed by atoms with Crippen LogP contribution in [0.5, 0.6) is 0 Å². The first kappa shape index (κ1) is 14.4. The highest BCUT2D eigenvalue weighted by Gasteiger charge is 2.11. The molecule has 1 aromatic heterocycles. The number of sulfone groups is 1. The van der Waals surface area contributed by atoms with Crippen LogP contribution >= 0.6 is 0 Å². The summed E-state index contributed by atoms with van der Waals surface area (Å²) in [6.07, 6.45) is 3.82. The lowest BCUT2D eigenvalue weighted by Crippen LogP contribution is -2.02. The molecule has 1 aromatic carbocycles. The third-order valence-electron chi connectivity index (χ3n) is 2.96. The second kappa shape index (κ2) is 5.16. The molecule has 0 atom stereocenters. The monoisotopic (exact) mass is 294 g/mol. The molecule has 0 fully saturated rings. The molecule has 0 saturated heterocycles. The highest BCUT2D eigenvalue weighted by atomic mass is 32.2. The topological polar surface area (TPSA) is 90.0 Å². The van der Waals surface area contributed by atoms with Crippen LogP contribution in [0.15, 0.2) is 29.3 Å². The van der Waals surface area contributed by atoms with E-state index in [2.05, 4.69) is 10.4 Å². The molecule has 0 radical (unpaired) electrons. The van der Waals surface area contributed by atoms with Gasteiger partial charge >= 0.3 is 0 Å². The summed E-state index contributed by atoms with van der Waals surface area (Å²) in [5, 5.41) is 7.52. The van der Waals surface area contributed by atoms with Crippen LogP contribution in [0.1, 0.15) is 12.6 Å². The molecule has 2 aromatic rings. The quantitative estimate of drug-likeness (QED) is 0.838. The molecule has 0 aliphatic rings. The maximum Gasteiger partial charge on any atom is 0.175 e. The predicted molar refractivity (Wildman–Crippen MR) is 79.8 cm³/mol. The van der Waals surface area contributed by atoms with Crippen molar-refractivity contribution in [2.45, 2.75) is 18.2 Å². The van der Waals surface area contributed by atoms with E-state index in [1.165, 1.54) is 12.1 Å². The standard InChI is InChI=1S/C13H18N4O2S/c1-4-11-13(8-17(2)16-11)15-12-6-5-9(7-10(12)14)20(3,18)19/h5-8,15H,4,14H2,1-3H3. The van der Waals surface area contributed by atoms with Crippen molar-refractivity contribution in [2.24, 2.45) is 7.05 Å². The minimum Gasteiger partial charge on any atom is -0.397 e. The third-order valence-corrected chi connectivity index (χ3v) is 4.07. The molecule has 0 aliphatic heterocycles. The Balaban J connectivity index is 2.35. The molecule has 2 rings (SSSR count). The first-order chi connectivity index (χ1) is 9.31. The van der Waals surface area contributed by atoms with Gasteiger partial charge in [0, 0.05) is 19.5 Å². The van der Waals surface area contributed by atoms with E-state index in [9.17, 15) is 8.42 Å². The zero-order valence-corrected chi connectivity index (χ0v) is 12.5. The fourth-order valence-electron chi connectivity index (χ4n) is 1.93. The average molecular weight is 294 g/mol. The summed E-state index contributed by atoms with van der Waals surface area (Å²) in [5.74, 6) is 0. The van der Waals surface area contributed by atoms with Crippen molar-refractivity contribution < 1.29 is 8.42 Å². The Morgan fingerprint density at radius 1 is 1.35 bits per heavy atom. The number of aromatic nitrogens is 2. The Bertz CT molecular complexity index is 735.